The van der Waals surface area contributed by atoms with Crippen LogP contribution in [-0.2, 0) is 9.59 Å². The lowest BCUT2D eigenvalue weighted by atomic mass is 10.0. The highest BCUT2D eigenvalue weighted by molar-refractivity contribution is 7.12. The second-order valence-electron chi connectivity index (χ2n) is 7.75. The summed E-state index contributed by atoms with van der Waals surface area (Å²) in [6.07, 6.45) is 1.23. The normalized spacial score (nSPS) is 21.1. The van der Waals surface area contributed by atoms with Crippen molar-refractivity contribution in [3.05, 3.63) is 58.0 Å². The van der Waals surface area contributed by atoms with E-state index >= 15 is 0 Å². The van der Waals surface area contributed by atoms with Gasteiger partial charge in [0.2, 0.25) is 11.8 Å². The molecule has 2 aliphatic heterocycles. The number of carbonyl (C=O) groups is 4. The van der Waals surface area contributed by atoms with Gasteiger partial charge in [-0.1, -0.05) is 12.1 Å². The van der Waals surface area contributed by atoms with Gasteiger partial charge in [-0.15, -0.1) is 11.3 Å². The van der Waals surface area contributed by atoms with Gasteiger partial charge in [-0.25, -0.2) is 4.39 Å². The van der Waals surface area contributed by atoms with Crippen LogP contribution in [0.25, 0.3) is 0 Å². The zero-order valence-electron chi connectivity index (χ0n) is 17.3. The number of amides is 4. The van der Waals surface area contributed by atoms with Crippen LogP contribution < -0.4 is 10.6 Å². The highest BCUT2D eigenvalue weighted by atomic mass is 32.1. The number of piperidine rings is 1. The first-order valence-corrected chi connectivity index (χ1v) is 11.3. The molecule has 3 heterocycles. The molecule has 0 radical (unpaired) electrons. The minimum absolute atomic E-state index is 0.0159. The van der Waals surface area contributed by atoms with Crippen molar-refractivity contribution in [1.29, 1.82) is 0 Å². The van der Waals surface area contributed by atoms with Crippen molar-refractivity contribution in [3.63, 3.8) is 0 Å². The van der Waals surface area contributed by atoms with Gasteiger partial charge in [0.25, 0.3) is 11.8 Å². The standard InChI is InChI=1S/C22H23FN4O4S/c23-15-5-1-4-14(12-15)21(30)27-10-9-26(22(31)18-7-3-11-32-18)13-17(27)20(29)25-16-6-2-8-24-19(16)28/h1,3-5,7,11-12,16-17H,2,6,8-10,13H2,(H,24,28)(H,25,29)/t16-,17+/m1/s1. The molecule has 0 saturated carbocycles. The molecule has 2 aromatic rings. The lowest BCUT2D eigenvalue weighted by Gasteiger charge is -2.41. The van der Waals surface area contributed by atoms with Crippen LogP contribution in [-0.4, -0.2) is 71.7 Å². The molecule has 0 aliphatic carbocycles. The molecular formula is C22H23FN4O4S. The average molecular weight is 459 g/mol. The molecule has 2 atom stereocenters. The molecule has 0 bridgehead atoms. The summed E-state index contributed by atoms with van der Waals surface area (Å²) < 4.78 is 13.7. The Bertz CT molecular complexity index is 1030. The predicted molar refractivity (Wildman–Crippen MR) is 116 cm³/mol. The monoisotopic (exact) mass is 458 g/mol. The molecule has 32 heavy (non-hydrogen) atoms. The first-order chi connectivity index (χ1) is 15.4. The van der Waals surface area contributed by atoms with Crippen LogP contribution >= 0.6 is 11.3 Å². The van der Waals surface area contributed by atoms with Gasteiger partial charge in [0.15, 0.2) is 0 Å². The van der Waals surface area contributed by atoms with E-state index in [1.165, 1.54) is 39.3 Å². The van der Waals surface area contributed by atoms with Crippen LogP contribution in [0.2, 0.25) is 0 Å². The third-order valence-corrected chi connectivity index (χ3v) is 6.49. The van der Waals surface area contributed by atoms with Crippen LogP contribution in [0.3, 0.4) is 0 Å². The summed E-state index contributed by atoms with van der Waals surface area (Å²) >= 11 is 1.30. The summed E-state index contributed by atoms with van der Waals surface area (Å²) in [6.45, 7) is 0.896. The molecule has 0 spiro atoms. The van der Waals surface area contributed by atoms with Crippen molar-refractivity contribution < 1.29 is 23.6 Å². The van der Waals surface area contributed by atoms with E-state index in [0.717, 1.165) is 12.5 Å². The number of halogens is 1. The van der Waals surface area contributed by atoms with E-state index in [4.69, 9.17) is 0 Å². The second kappa shape index (κ2) is 9.47. The highest BCUT2D eigenvalue weighted by Crippen LogP contribution is 2.20. The van der Waals surface area contributed by atoms with Gasteiger partial charge in [-0.2, -0.15) is 0 Å². The van der Waals surface area contributed by atoms with Crippen molar-refractivity contribution in [2.45, 2.75) is 24.9 Å². The van der Waals surface area contributed by atoms with E-state index in [1.807, 2.05) is 0 Å². The third-order valence-electron chi connectivity index (χ3n) is 5.64. The number of thiophene rings is 1. The molecule has 10 heteroatoms. The maximum Gasteiger partial charge on any atom is 0.264 e. The van der Waals surface area contributed by atoms with Gasteiger partial charge in [0.05, 0.1) is 11.4 Å². The molecule has 2 saturated heterocycles. The highest BCUT2D eigenvalue weighted by Gasteiger charge is 2.39. The Labute approximate surface area is 188 Å². The number of nitrogens with zero attached hydrogens (tertiary/aromatic N) is 2. The molecular weight excluding hydrogens is 435 g/mol. The van der Waals surface area contributed by atoms with Crippen molar-refractivity contribution in [1.82, 2.24) is 20.4 Å². The van der Waals surface area contributed by atoms with E-state index in [9.17, 15) is 23.6 Å². The molecule has 8 nitrogen and oxygen atoms in total. The van der Waals surface area contributed by atoms with Gasteiger partial charge in [0.1, 0.15) is 17.9 Å². The fourth-order valence-corrected chi connectivity index (χ4v) is 4.65. The lowest BCUT2D eigenvalue weighted by molar-refractivity contribution is -0.133. The molecule has 4 amide bonds. The predicted octanol–water partition coefficient (Wildman–Crippen LogP) is 1.25. The molecule has 1 aromatic carbocycles. The second-order valence-corrected chi connectivity index (χ2v) is 8.70. The molecule has 4 rings (SSSR count). The van der Waals surface area contributed by atoms with E-state index in [0.29, 0.717) is 17.8 Å². The summed E-state index contributed by atoms with van der Waals surface area (Å²) in [5.74, 6) is -2.05. The number of piperazine rings is 1. The Balaban J connectivity index is 1.56. The van der Waals surface area contributed by atoms with Gasteiger partial charge in [-0.05, 0) is 42.5 Å². The Morgan fingerprint density at radius 2 is 1.97 bits per heavy atom. The van der Waals surface area contributed by atoms with Gasteiger partial charge >= 0.3 is 0 Å². The van der Waals surface area contributed by atoms with Crippen LogP contribution in [0, 0.1) is 5.82 Å². The zero-order valence-corrected chi connectivity index (χ0v) is 18.1. The first kappa shape index (κ1) is 21.9. The maximum atomic E-state index is 13.7. The van der Waals surface area contributed by atoms with Crippen LogP contribution in [0.1, 0.15) is 32.9 Å². The molecule has 2 N–H and O–H groups in total. The number of benzene rings is 1. The number of hydrogen-bond acceptors (Lipinski definition) is 5. The van der Waals surface area contributed by atoms with Crippen molar-refractivity contribution in [2.24, 2.45) is 0 Å². The SMILES string of the molecule is O=C1NCCC[C@H]1NC(=O)[C@@H]1CN(C(=O)c2cccs2)CCN1C(=O)c1cccc(F)c1. The van der Waals surface area contributed by atoms with Gasteiger partial charge in [0, 0.05) is 25.2 Å². The number of rotatable bonds is 4. The zero-order chi connectivity index (χ0) is 22.7. The summed E-state index contributed by atoms with van der Waals surface area (Å²) in [5.41, 5.74) is 0.122. The minimum Gasteiger partial charge on any atom is -0.354 e. The van der Waals surface area contributed by atoms with Gasteiger partial charge in [-0.3, -0.25) is 19.2 Å². The van der Waals surface area contributed by atoms with E-state index in [-0.39, 0.29) is 37.0 Å². The van der Waals surface area contributed by atoms with E-state index in [1.54, 1.807) is 17.5 Å². The van der Waals surface area contributed by atoms with Crippen molar-refractivity contribution in [3.8, 4) is 0 Å². The molecule has 2 aliphatic rings. The quantitative estimate of drug-likeness (QED) is 0.721. The smallest absolute Gasteiger partial charge is 0.264 e. The Kier molecular flexibility index (Phi) is 6.50. The summed E-state index contributed by atoms with van der Waals surface area (Å²) in [4.78, 5) is 54.7. The lowest BCUT2D eigenvalue weighted by Crippen LogP contribution is -2.63. The van der Waals surface area contributed by atoms with Crippen LogP contribution in [0.5, 0.6) is 0 Å². The van der Waals surface area contributed by atoms with Crippen LogP contribution in [0.4, 0.5) is 4.39 Å². The minimum atomic E-state index is -1.00. The molecule has 2 fully saturated rings. The Morgan fingerprint density at radius 3 is 2.69 bits per heavy atom. The van der Waals surface area contributed by atoms with E-state index in [2.05, 4.69) is 10.6 Å². The maximum absolute atomic E-state index is 13.7. The Morgan fingerprint density at radius 1 is 1.12 bits per heavy atom. The van der Waals surface area contributed by atoms with Crippen LogP contribution in [0.15, 0.2) is 41.8 Å². The largest absolute Gasteiger partial charge is 0.354 e. The van der Waals surface area contributed by atoms with Gasteiger partial charge < -0.3 is 20.4 Å². The van der Waals surface area contributed by atoms with Crippen molar-refractivity contribution >= 4 is 35.0 Å². The Hall–Kier alpha value is -3.27. The fraction of sp³-hybridized carbons (Fsp3) is 0.364. The summed E-state index contributed by atoms with van der Waals surface area (Å²) in [6, 6.07) is 7.06. The fourth-order valence-electron chi connectivity index (χ4n) is 3.96. The number of carbonyl (C=O) groups excluding carboxylic acids is 4. The molecule has 168 valence electrons. The number of hydrogen-bond donors (Lipinski definition) is 2. The topological polar surface area (TPSA) is 98.8 Å². The molecule has 1 aromatic heterocycles. The first-order valence-electron chi connectivity index (χ1n) is 10.4. The summed E-state index contributed by atoms with van der Waals surface area (Å²) in [5, 5.41) is 7.23. The van der Waals surface area contributed by atoms with E-state index < -0.39 is 29.7 Å². The van der Waals surface area contributed by atoms with Crippen molar-refractivity contribution in [2.75, 3.05) is 26.2 Å². The third kappa shape index (κ3) is 4.64. The summed E-state index contributed by atoms with van der Waals surface area (Å²) in [7, 11) is 0. The number of nitrogens with one attached hydrogen (secondary N) is 2. The molecule has 0 unspecified atom stereocenters. The average Bonchev–Trinajstić information content (AvgIpc) is 3.34.